The van der Waals surface area contributed by atoms with E-state index in [-0.39, 0.29) is 6.04 Å². The fraction of sp³-hybridized carbons (Fsp3) is 0.0667. The summed E-state index contributed by atoms with van der Waals surface area (Å²) in [6, 6.07) is 16.8. The van der Waals surface area contributed by atoms with Gasteiger partial charge in [-0.25, -0.2) is 0 Å². The van der Waals surface area contributed by atoms with Crippen LogP contribution in [0.4, 0.5) is 0 Å². The number of thiophene rings is 1. The lowest BCUT2D eigenvalue weighted by Crippen LogP contribution is -2.09. The van der Waals surface area contributed by atoms with Gasteiger partial charge in [0.1, 0.15) is 0 Å². The van der Waals surface area contributed by atoms with E-state index in [4.69, 9.17) is 5.73 Å². The summed E-state index contributed by atoms with van der Waals surface area (Å²) in [5, 5.41) is 4.55. The molecule has 1 nitrogen and oxygen atoms in total. The topological polar surface area (TPSA) is 26.0 Å². The summed E-state index contributed by atoms with van der Waals surface area (Å²) in [4.78, 5) is 1.18. The molecule has 0 saturated carbocycles. The zero-order chi connectivity index (χ0) is 12.5. The Balaban J connectivity index is 2.03. The molecule has 0 radical (unpaired) electrons. The first kappa shape index (κ1) is 11.9. The van der Waals surface area contributed by atoms with Gasteiger partial charge in [0.15, 0.2) is 0 Å². The van der Waals surface area contributed by atoms with Gasteiger partial charge in [-0.2, -0.15) is 0 Å². The van der Waals surface area contributed by atoms with Crippen molar-refractivity contribution in [1.82, 2.24) is 0 Å². The summed E-state index contributed by atoms with van der Waals surface area (Å²) >= 11 is 5.15. The van der Waals surface area contributed by atoms with Crippen LogP contribution in [-0.4, -0.2) is 0 Å². The van der Waals surface area contributed by atoms with Crippen LogP contribution >= 0.6 is 27.3 Å². The minimum absolute atomic E-state index is 0.0501. The van der Waals surface area contributed by atoms with E-state index < -0.39 is 0 Å². The predicted molar refractivity (Wildman–Crippen MR) is 82.0 cm³/mol. The largest absolute Gasteiger partial charge is 0.320 e. The van der Waals surface area contributed by atoms with Crippen LogP contribution in [0.1, 0.15) is 16.5 Å². The van der Waals surface area contributed by atoms with Crippen LogP contribution in [0.5, 0.6) is 0 Å². The second-order valence-electron chi connectivity index (χ2n) is 4.25. The van der Waals surface area contributed by atoms with Crippen molar-refractivity contribution in [3.8, 4) is 0 Å². The van der Waals surface area contributed by atoms with E-state index >= 15 is 0 Å². The molecule has 3 rings (SSSR count). The van der Waals surface area contributed by atoms with E-state index in [1.165, 1.54) is 15.6 Å². The van der Waals surface area contributed by atoms with Gasteiger partial charge in [-0.3, -0.25) is 0 Å². The summed E-state index contributed by atoms with van der Waals surface area (Å²) < 4.78 is 1.10. The third-order valence-corrected chi connectivity index (χ3v) is 4.80. The van der Waals surface area contributed by atoms with E-state index in [2.05, 4.69) is 69.8 Å². The number of halogens is 1. The molecule has 0 aliphatic rings. The van der Waals surface area contributed by atoms with E-state index in [0.29, 0.717) is 0 Å². The number of nitrogens with two attached hydrogens (primary N) is 1. The highest BCUT2D eigenvalue weighted by atomic mass is 79.9. The minimum Gasteiger partial charge on any atom is -0.320 e. The van der Waals surface area contributed by atoms with Crippen molar-refractivity contribution in [1.29, 1.82) is 0 Å². The molecule has 3 aromatic rings. The Morgan fingerprint density at radius 1 is 1.00 bits per heavy atom. The van der Waals surface area contributed by atoms with Gasteiger partial charge < -0.3 is 5.73 Å². The fourth-order valence-electron chi connectivity index (χ4n) is 2.06. The number of rotatable bonds is 2. The van der Waals surface area contributed by atoms with Crippen molar-refractivity contribution < 1.29 is 0 Å². The highest BCUT2D eigenvalue weighted by Gasteiger charge is 2.11. The molecule has 0 bridgehead atoms. The van der Waals surface area contributed by atoms with E-state index in [0.717, 1.165) is 10.0 Å². The van der Waals surface area contributed by atoms with E-state index in [1.807, 2.05) is 0 Å². The van der Waals surface area contributed by atoms with Gasteiger partial charge in [0.05, 0.1) is 6.04 Å². The van der Waals surface area contributed by atoms with Crippen molar-refractivity contribution in [3.05, 3.63) is 68.8 Å². The molecule has 0 aliphatic carbocycles. The number of hydrogen-bond donors (Lipinski definition) is 1. The Hall–Kier alpha value is -1.16. The third kappa shape index (κ3) is 2.21. The predicted octanol–water partition coefficient (Wildman–Crippen LogP) is 4.71. The average molecular weight is 318 g/mol. The van der Waals surface area contributed by atoms with Gasteiger partial charge in [0.25, 0.3) is 0 Å². The second-order valence-corrected chi connectivity index (χ2v) is 6.11. The van der Waals surface area contributed by atoms with Gasteiger partial charge in [-0.05, 0) is 44.4 Å². The molecular weight excluding hydrogens is 306 g/mol. The van der Waals surface area contributed by atoms with E-state index in [9.17, 15) is 0 Å². The molecule has 0 spiro atoms. The maximum Gasteiger partial charge on any atom is 0.0646 e. The highest BCUT2D eigenvalue weighted by molar-refractivity contribution is 9.10. The Labute approximate surface area is 118 Å². The van der Waals surface area contributed by atoms with Crippen LogP contribution < -0.4 is 5.73 Å². The standard InChI is InChI=1S/C15H12BrNS/c16-13-8-14(18-9-13)15(17)12-6-5-10-3-1-2-4-11(10)7-12/h1-9,15H,17H2. The number of hydrogen-bond acceptors (Lipinski definition) is 2. The Morgan fingerprint density at radius 2 is 1.78 bits per heavy atom. The molecule has 2 aromatic carbocycles. The summed E-state index contributed by atoms with van der Waals surface area (Å²) in [6.07, 6.45) is 0. The second kappa shape index (κ2) is 4.84. The Morgan fingerprint density at radius 3 is 2.50 bits per heavy atom. The average Bonchev–Trinajstić information content (AvgIpc) is 2.84. The summed E-state index contributed by atoms with van der Waals surface area (Å²) in [7, 11) is 0. The third-order valence-electron chi connectivity index (χ3n) is 3.03. The molecule has 3 heteroatoms. The zero-order valence-corrected chi connectivity index (χ0v) is 12.0. The van der Waals surface area contributed by atoms with Crippen molar-refractivity contribution in [3.63, 3.8) is 0 Å². The quantitative estimate of drug-likeness (QED) is 0.727. The summed E-state index contributed by atoms with van der Waals surface area (Å²) in [5.41, 5.74) is 7.47. The molecule has 18 heavy (non-hydrogen) atoms. The van der Waals surface area contributed by atoms with Crippen LogP contribution in [-0.2, 0) is 0 Å². The number of benzene rings is 2. The first-order chi connectivity index (χ1) is 8.74. The van der Waals surface area contributed by atoms with E-state index in [1.54, 1.807) is 11.3 Å². The zero-order valence-electron chi connectivity index (χ0n) is 9.64. The molecule has 0 aliphatic heterocycles. The molecule has 2 N–H and O–H groups in total. The Bertz CT molecular complexity index is 690. The lowest BCUT2D eigenvalue weighted by atomic mass is 10.0. The Kier molecular flexibility index (Phi) is 3.20. The maximum absolute atomic E-state index is 6.31. The van der Waals surface area contributed by atoms with Crippen LogP contribution in [0.2, 0.25) is 0 Å². The van der Waals surface area contributed by atoms with Crippen molar-refractivity contribution >= 4 is 38.0 Å². The van der Waals surface area contributed by atoms with Gasteiger partial charge in [-0.15, -0.1) is 11.3 Å². The molecule has 0 saturated heterocycles. The maximum atomic E-state index is 6.31. The molecular formula is C15H12BrNS. The molecule has 0 amide bonds. The van der Waals surface area contributed by atoms with Gasteiger partial charge in [-0.1, -0.05) is 36.4 Å². The van der Waals surface area contributed by atoms with Crippen LogP contribution in [0.3, 0.4) is 0 Å². The first-order valence-corrected chi connectivity index (χ1v) is 7.39. The molecule has 1 heterocycles. The smallest absolute Gasteiger partial charge is 0.0646 e. The summed E-state index contributed by atoms with van der Waals surface area (Å²) in [6.45, 7) is 0. The van der Waals surface area contributed by atoms with Gasteiger partial charge in [0.2, 0.25) is 0 Å². The van der Waals surface area contributed by atoms with Crippen molar-refractivity contribution in [2.24, 2.45) is 5.73 Å². The molecule has 1 atom stereocenters. The lowest BCUT2D eigenvalue weighted by molar-refractivity contribution is 0.895. The van der Waals surface area contributed by atoms with Crippen molar-refractivity contribution in [2.45, 2.75) is 6.04 Å². The van der Waals surface area contributed by atoms with Gasteiger partial charge in [0, 0.05) is 14.7 Å². The number of fused-ring (bicyclic) bond motifs is 1. The van der Waals surface area contributed by atoms with Crippen molar-refractivity contribution in [2.75, 3.05) is 0 Å². The summed E-state index contributed by atoms with van der Waals surface area (Å²) in [5.74, 6) is 0. The van der Waals surface area contributed by atoms with Crippen LogP contribution in [0.25, 0.3) is 10.8 Å². The normalized spacial score (nSPS) is 12.8. The molecule has 1 aromatic heterocycles. The highest BCUT2D eigenvalue weighted by Crippen LogP contribution is 2.29. The SMILES string of the molecule is NC(c1ccc2ccccc2c1)c1cc(Br)cs1. The van der Waals surface area contributed by atoms with Crippen LogP contribution in [0.15, 0.2) is 58.4 Å². The molecule has 1 unspecified atom stereocenters. The fourth-order valence-corrected chi connectivity index (χ4v) is 3.53. The molecule has 90 valence electrons. The first-order valence-electron chi connectivity index (χ1n) is 5.72. The van der Waals surface area contributed by atoms with Crippen LogP contribution in [0, 0.1) is 0 Å². The minimum atomic E-state index is -0.0501. The lowest BCUT2D eigenvalue weighted by Gasteiger charge is -2.11. The monoisotopic (exact) mass is 317 g/mol. The van der Waals surface area contributed by atoms with Gasteiger partial charge >= 0.3 is 0 Å². The molecule has 0 fully saturated rings.